The highest BCUT2D eigenvalue weighted by atomic mass is 16.5. The molecule has 8 heteroatoms. The molecule has 1 spiro atoms. The van der Waals surface area contributed by atoms with Crippen molar-refractivity contribution in [2.45, 2.75) is 25.2 Å². The van der Waals surface area contributed by atoms with Crippen LogP contribution in [0, 0.1) is 0 Å². The number of nitrogens with one attached hydrogen (secondary N) is 1. The number of carbonyl (C=O) groups excluding carboxylic acids is 1. The van der Waals surface area contributed by atoms with Gasteiger partial charge in [-0.05, 0) is 18.6 Å². The molecule has 134 valence electrons. The van der Waals surface area contributed by atoms with Gasteiger partial charge in [-0.15, -0.1) is 0 Å². The maximum absolute atomic E-state index is 13.1. The van der Waals surface area contributed by atoms with Crippen molar-refractivity contribution in [1.82, 2.24) is 24.2 Å². The van der Waals surface area contributed by atoms with E-state index in [0.717, 1.165) is 10.9 Å². The number of amides is 1. The molecule has 1 N–H and O–H groups in total. The van der Waals surface area contributed by atoms with E-state index >= 15 is 0 Å². The van der Waals surface area contributed by atoms with Gasteiger partial charge in [-0.25, -0.2) is 9.48 Å². The van der Waals surface area contributed by atoms with Gasteiger partial charge >= 0.3 is 5.69 Å². The van der Waals surface area contributed by atoms with Gasteiger partial charge in [0.2, 0.25) is 0 Å². The number of aromatic amines is 1. The lowest BCUT2D eigenvalue weighted by atomic mass is 10.0. The van der Waals surface area contributed by atoms with E-state index in [1.54, 1.807) is 11.6 Å². The Kier molecular flexibility index (Phi) is 3.14. The topological polar surface area (TPSA) is 85.2 Å². The largest absolute Gasteiger partial charge is 0.363 e. The van der Waals surface area contributed by atoms with E-state index in [1.165, 1.54) is 4.68 Å². The number of fused-ring (bicyclic) bond motifs is 2. The van der Waals surface area contributed by atoms with Crippen LogP contribution >= 0.6 is 0 Å². The molecule has 0 bridgehead atoms. The molecule has 0 radical (unpaired) electrons. The second-order valence-corrected chi connectivity index (χ2v) is 7.10. The van der Waals surface area contributed by atoms with Crippen molar-refractivity contribution in [3.05, 3.63) is 52.3 Å². The van der Waals surface area contributed by atoms with Gasteiger partial charge in [0.05, 0.1) is 24.2 Å². The number of H-pyrrole nitrogens is 1. The molecule has 5 rings (SSSR count). The predicted octanol–water partition coefficient (Wildman–Crippen LogP) is 0.878. The Bertz CT molecular complexity index is 1080. The van der Waals surface area contributed by atoms with Crippen LogP contribution in [0.5, 0.6) is 0 Å². The molecule has 1 amide bonds. The first-order valence-electron chi connectivity index (χ1n) is 8.68. The van der Waals surface area contributed by atoms with Crippen LogP contribution < -0.4 is 5.69 Å². The SMILES string of the molecule is Cn1nc2n(c1=O)CC1(CCN(C(=O)c3cccc4cc[nH]c34)C1)OC2. The lowest BCUT2D eigenvalue weighted by Crippen LogP contribution is -2.47. The van der Waals surface area contributed by atoms with Crippen LogP contribution in [-0.4, -0.2) is 48.8 Å². The quantitative estimate of drug-likeness (QED) is 0.704. The number of para-hydroxylation sites is 1. The minimum absolute atomic E-state index is 0.0112. The highest BCUT2D eigenvalue weighted by molar-refractivity contribution is 6.05. The molecule has 1 unspecified atom stereocenters. The summed E-state index contributed by atoms with van der Waals surface area (Å²) in [4.78, 5) is 30.3. The molecule has 1 fully saturated rings. The van der Waals surface area contributed by atoms with E-state index in [4.69, 9.17) is 4.74 Å². The minimum Gasteiger partial charge on any atom is -0.363 e. The van der Waals surface area contributed by atoms with E-state index in [9.17, 15) is 9.59 Å². The molecule has 2 aromatic heterocycles. The van der Waals surface area contributed by atoms with E-state index in [-0.39, 0.29) is 11.6 Å². The highest BCUT2D eigenvalue weighted by Crippen LogP contribution is 2.32. The summed E-state index contributed by atoms with van der Waals surface area (Å²) in [6, 6.07) is 7.68. The number of nitrogens with zero attached hydrogens (tertiary/aromatic N) is 4. The van der Waals surface area contributed by atoms with E-state index in [1.807, 2.05) is 35.4 Å². The summed E-state index contributed by atoms with van der Waals surface area (Å²) in [6.45, 7) is 1.82. The van der Waals surface area contributed by atoms with Crippen molar-refractivity contribution >= 4 is 16.8 Å². The molecule has 8 nitrogen and oxygen atoms in total. The van der Waals surface area contributed by atoms with Crippen molar-refractivity contribution in [3.8, 4) is 0 Å². The van der Waals surface area contributed by atoms with Crippen molar-refractivity contribution in [3.63, 3.8) is 0 Å². The molecule has 4 heterocycles. The smallest absolute Gasteiger partial charge is 0.345 e. The van der Waals surface area contributed by atoms with Gasteiger partial charge in [0, 0.05) is 25.2 Å². The Morgan fingerprint density at radius 2 is 2.19 bits per heavy atom. The van der Waals surface area contributed by atoms with Gasteiger partial charge < -0.3 is 14.6 Å². The molecular weight excluding hydrogens is 334 g/mol. The summed E-state index contributed by atoms with van der Waals surface area (Å²) in [7, 11) is 1.64. The first-order valence-corrected chi connectivity index (χ1v) is 8.68. The summed E-state index contributed by atoms with van der Waals surface area (Å²) in [5.41, 5.74) is 0.871. The van der Waals surface area contributed by atoms with Crippen LogP contribution in [0.1, 0.15) is 22.6 Å². The van der Waals surface area contributed by atoms with Crippen molar-refractivity contribution in [1.29, 1.82) is 0 Å². The van der Waals surface area contributed by atoms with Gasteiger partial charge in [0.25, 0.3) is 5.91 Å². The van der Waals surface area contributed by atoms with Crippen molar-refractivity contribution < 1.29 is 9.53 Å². The average molecular weight is 353 g/mol. The van der Waals surface area contributed by atoms with Gasteiger partial charge in [-0.2, -0.15) is 5.10 Å². The van der Waals surface area contributed by atoms with Gasteiger partial charge in [-0.3, -0.25) is 9.36 Å². The van der Waals surface area contributed by atoms with E-state index < -0.39 is 5.60 Å². The second-order valence-electron chi connectivity index (χ2n) is 7.10. The fourth-order valence-electron chi connectivity index (χ4n) is 4.07. The molecule has 1 saturated heterocycles. The van der Waals surface area contributed by atoms with Gasteiger partial charge in [0.15, 0.2) is 5.82 Å². The predicted molar refractivity (Wildman–Crippen MR) is 93.8 cm³/mol. The average Bonchev–Trinajstić information content (AvgIpc) is 3.35. The third kappa shape index (κ3) is 2.15. The fourth-order valence-corrected chi connectivity index (χ4v) is 4.07. The van der Waals surface area contributed by atoms with Crippen LogP contribution in [0.2, 0.25) is 0 Å². The molecule has 26 heavy (non-hydrogen) atoms. The van der Waals surface area contributed by atoms with Gasteiger partial charge in [0.1, 0.15) is 12.2 Å². The molecular formula is C18H19N5O3. The maximum atomic E-state index is 13.1. The number of rotatable bonds is 1. The molecule has 1 atom stereocenters. The van der Waals surface area contributed by atoms with Crippen LogP contribution in [-0.2, 0) is 24.9 Å². The lowest BCUT2D eigenvalue weighted by Gasteiger charge is -2.33. The summed E-state index contributed by atoms with van der Waals surface area (Å²) in [5.74, 6) is 0.631. The number of hydrogen-bond donors (Lipinski definition) is 1. The summed E-state index contributed by atoms with van der Waals surface area (Å²) >= 11 is 0. The summed E-state index contributed by atoms with van der Waals surface area (Å²) < 4.78 is 9.08. The van der Waals surface area contributed by atoms with Gasteiger partial charge in [-0.1, -0.05) is 12.1 Å². The number of carbonyl (C=O) groups is 1. The van der Waals surface area contributed by atoms with E-state index in [2.05, 4.69) is 10.1 Å². The Labute approximate surface area is 149 Å². The number of hydrogen-bond acceptors (Lipinski definition) is 4. The monoisotopic (exact) mass is 353 g/mol. The standard InChI is InChI=1S/C18H19N5O3/c1-21-17(25)23-11-18(26-9-14(23)20-21)6-8-22(10-18)16(24)13-4-2-3-12-5-7-19-15(12)13/h2-5,7,19H,6,8-11H2,1H3. The zero-order valence-electron chi connectivity index (χ0n) is 14.4. The number of aryl methyl sites for hydroxylation is 1. The molecule has 0 aliphatic carbocycles. The number of likely N-dealkylation sites (tertiary alicyclic amines) is 1. The second kappa shape index (κ2) is 5.31. The van der Waals surface area contributed by atoms with Crippen LogP contribution in [0.3, 0.4) is 0 Å². The molecule has 2 aliphatic rings. The highest BCUT2D eigenvalue weighted by Gasteiger charge is 2.45. The normalized spacial score (nSPS) is 22.3. The lowest BCUT2D eigenvalue weighted by molar-refractivity contribution is -0.0816. The number of aromatic nitrogens is 4. The zero-order chi connectivity index (χ0) is 17.9. The Balaban J connectivity index is 1.42. The van der Waals surface area contributed by atoms with E-state index in [0.29, 0.717) is 44.0 Å². The molecule has 3 aromatic rings. The summed E-state index contributed by atoms with van der Waals surface area (Å²) in [6.07, 6.45) is 2.55. The van der Waals surface area contributed by atoms with Crippen LogP contribution in [0.15, 0.2) is 35.3 Å². The number of benzene rings is 1. The molecule has 0 saturated carbocycles. The third-order valence-electron chi connectivity index (χ3n) is 5.46. The van der Waals surface area contributed by atoms with Crippen LogP contribution in [0.25, 0.3) is 10.9 Å². The van der Waals surface area contributed by atoms with Crippen molar-refractivity contribution in [2.75, 3.05) is 13.1 Å². The fraction of sp³-hybridized carbons (Fsp3) is 0.389. The molecule has 1 aromatic carbocycles. The summed E-state index contributed by atoms with van der Waals surface area (Å²) in [5, 5.41) is 5.21. The minimum atomic E-state index is -0.515. The Morgan fingerprint density at radius 3 is 3.08 bits per heavy atom. The maximum Gasteiger partial charge on any atom is 0.345 e. The number of ether oxygens (including phenoxy) is 1. The first kappa shape index (κ1) is 15.4. The third-order valence-corrected chi connectivity index (χ3v) is 5.46. The van der Waals surface area contributed by atoms with Crippen LogP contribution in [0.4, 0.5) is 0 Å². The van der Waals surface area contributed by atoms with Crippen molar-refractivity contribution in [2.24, 2.45) is 7.05 Å². The Morgan fingerprint density at radius 1 is 1.31 bits per heavy atom. The zero-order valence-corrected chi connectivity index (χ0v) is 14.4. The molecule has 2 aliphatic heterocycles. The first-order chi connectivity index (χ1) is 12.6. The Hall–Kier alpha value is -2.87.